The summed E-state index contributed by atoms with van der Waals surface area (Å²) in [6.45, 7) is 4.40. The molecule has 6 nitrogen and oxygen atoms in total. The topological polar surface area (TPSA) is 66.0 Å². The van der Waals surface area contributed by atoms with Gasteiger partial charge in [-0.25, -0.2) is 5.48 Å². The number of allylic oxidation sites excluding steroid dienone is 2. The number of hydrogen-bond acceptors (Lipinski definition) is 5. The predicted octanol–water partition coefficient (Wildman–Crippen LogP) is 6.65. The first-order chi connectivity index (χ1) is 15.6. The van der Waals surface area contributed by atoms with Gasteiger partial charge < -0.3 is 14.2 Å². The second-order valence-electron chi connectivity index (χ2n) is 7.13. The number of halogens is 3. The average molecular weight is 648 g/mol. The van der Waals surface area contributed by atoms with Crippen LogP contribution in [0.2, 0.25) is 0 Å². The summed E-state index contributed by atoms with van der Waals surface area (Å²) in [7, 11) is 3.01. The molecule has 2 rings (SSSR count). The molecule has 0 aromatic heterocycles. The number of amides is 1. The molecule has 1 amide bonds. The van der Waals surface area contributed by atoms with Crippen LogP contribution >= 0.6 is 47.8 Å². The van der Waals surface area contributed by atoms with Crippen molar-refractivity contribution in [2.45, 2.75) is 29.2 Å². The average Bonchev–Trinajstić information content (AvgIpc) is 2.75. The van der Waals surface area contributed by atoms with Gasteiger partial charge in [-0.2, -0.15) is 0 Å². The van der Waals surface area contributed by atoms with Crippen molar-refractivity contribution in [2.75, 3.05) is 14.2 Å². The first-order valence-electron chi connectivity index (χ1n) is 9.94. The number of alkyl halides is 3. The third-order valence-corrected chi connectivity index (χ3v) is 4.82. The Kier molecular flexibility index (Phi) is 11.0. The lowest BCUT2D eigenvalue weighted by Gasteiger charge is -2.18. The molecule has 0 radical (unpaired) electrons. The van der Waals surface area contributed by atoms with Gasteiger partial charge in [0.15, 0.2) is 0 Å². The van der Waals surface area contributed by atoms with E-state index in [-0.39, 0.29) is 5.91 Å². The molecular formula is C24H26Br3NO5. The third kappa shape index (κ3) is 9.52. The van der Waals surface area contributed by atoms with Gasteiger partial charge in [0, 0.05) is 17.2 Å². The van der Waals surface area contributed by atoms with Crippen molar-refractivity contribution >= 4 is 59.8 Å². The van der Waals surface area contributed by atoms with Crippen molar-refractivity contribution in [3.05, 3.63) is 70.8 Å². The van der Waals surface area contributed by atoms with Crippen LogP contribution in [-0.2, 0) is 22.7 Å². The molecule has 0 spiro atoms. The fourth-order valence-corrected chi connectivity index (χ4v) is 3.42. The molecule has 0 atom stereocenters. The van der Waals surface area contributed by atoms with Gasteiger partial charge in [0.1, 0.15) is 23.9 Å². The van der Waals surface area contributed by atoms with Gasteiger partial charge in [0.05, 0.1) is 14.2 Å². The molecule has 33 heavy (non-hydrogen) atoms. The van der Waals surface area contributed by atoms with E-state index in [0.29, 0.717) is 30.3 Å². The lowest BCUT2D eigenvalue weighted by Crippen LogP contribution is -2.18. The first-order valence-corrected chi connectivity index (χ1v) is 12.3. The molecule has 0 bridgehead atoms. The van der Waals surface area contributed by atoms with Crippen LogP contribution in [0.4, 0.5) is 0 Å². The Bertz CT molecular complexity index is 994. The SMILES string of the molecule is CONC(=O)/C=C/c1ccc(OC)c(CC=C(C)C)c1OCc1ccc(OC(Br)(Br)Br)cc1. The zero-order valence-corrected chi connectivity index (χ0v) is 23.5. The molecule has 0 unspecified atom stereocenters. The monoisotopic (exact) mass is 645 g/mol. The molecule has 0 heterocycles. The minimum atomic E-state index is -0.818. The van der Waals surface area contributed by atoms with Crippen LogP contribution in [0, 0.1) is 0 Å². The maximum absolute atomic E-state index is 11.8. The second kappa shape index (κ2) is 13.2. The lowest BCUT2D eigenvalue weighted by molar-refractivity contribution is -0.126. The van der Waals surface area contributed by atoms with Crippen molar-refractivity contribution in [3.63, 3.8) is 0 Å². The number of nitrogens with one attached hydrogen (secondary N) is 1. The van der Waals surface area contributed by atoms with Crippen molar-refractivity contribution < 1.29 is 23.8 Å². The zero-order chi connectivity index (χ0) is 24.4. The van der Waals surface area contributed by atoms with E-state index >= 15 is 0 Å². The Morgan fingerprint density at radius 2 is 1.76 bits per heavy atom. The van der Waals surface area contributed by atoms with Crippen molar-refractivity contribution in [1.29, 1.82) is 0 Å². The van der Waals surface area contributed by atoms with E-state index in [1.165, 1.54) is 18.8 Å². The normalized spacial score (nSPS) is 11.2. The zero-order valence-electron chi connectivity index (χ0n) is 18.8. The number of carbonyl (C=O) groups is 1. The molecule has 0 fully saturated rings. The summed E-state index contributed by atoms with van der Waals surface area (Å²) in [5, 5.41) is 0. The van der Waals surface area contributed by atoms with Gasteiger partial charge in [-0.15, -0.1) is 0 Å². The molecule has 0 aliphatic carbocycles. The number of rotatable bonds is 10. The van der Waals surface area contributed by atoms with Crippen LogP contribution in [-0.4, -0.2) is 22.5 Å². The van der Waals surface area contributed by atoms with Gasteiger partial charge in [0.2, 0.25) is 0 Å². The summed E-state index contributed by atoms with van der Waals surface area (Å²) >= 11 is 9.93. The van der Waals surface area contributed by atoms with E-state index in [1.807, 2.05) is 50.2 Å². The largest absolute Gasteiger partial charge is 0.496 e. The Morgan fingerprint density at radius 3 is 2.33 bits per heavy atom. The molecular weight excluding hydrogens is 622 g/mol. The van der Waals surface area contributed by atoms with Crippen LogP contribution in [0.1, 0.15) is 30.5 Å². The van der Waals surface area contributed by atoms with Crippen molar-refractivity contribution in [2.24, 2.45) is 0 Å². The Labute approximate surface area is 219 Å². The second-order valence-corrected chi connectivity index (χ2v) is 13.7. The lowest BCUT2D eigenvalue weighted by atomic mass is 10.0. The van der Waals surface area contributed by atoms with Gasteiger partial charge in [-0.05, 0) is 104 Å². The molecule has 2 aromatic carbocycles. The first kappa shape index (κ1) is 27.4. The predicted molar refractivity (Wildman–Crippen MR) is 141 cm³/mol. The molecule has 0 saturated carbocycles. The molecule has 178 valence electrons. The maximum Gasteiger partial charge on any atom is 0.272 e. The highest BCUT2D eigenvalue weighted by atomic mass is 80.0. The Morgan fingerprint density at radius 1 is 1.06 bits per heavy atom. The molecule has 9 heteroatoms. The highest BCUT2D eigenvalue weighted by Crippen LogP contribution is 2.37. The van der Waals surface area contributed by atoms with Gasteiger partial charge in [0.25, 0.3) is 8.24 Å². The summed E-state index contributed by atoms with van der Waals surface area (Å²) in [6, 6.07) is 11.3. The Balaban J connectivity index is 2.35. The molecule has 2 aromatic rings. The van der Waals surface area contributed by atoms with Crippen LogP contribution < -0.4 is 19.7 Å². The molecule has 1 N–H and O–H groups in total. The van der Waals surface area contributed by atoms with Gasteiger partial charge in [-0.1, -0.05) is 23.8 Å². The van der Waals surface area contributed by atoms with Crippen molar-refractivity contribution in [3.8, 4) is 17.2 Å². The number of hydroxylamine groups is 1. The highest BCUT2D eigenvalue weighted by Gasteiger charge is 2.19. The minimum absolute atomic E-state index is 0.322. The number of hydrogen-bond donors (Lipinski definition) is 1. The van der Waals surface area contributed by atoms with Crippen LogP contribution in [0.5, 0.6) is 17.2 Å². The smallest absolute Gasteiger partial charge is 0.272 e. The van der Waals surface area contributed by atoms with Crippen LogP contribution in [0.3, 0.4) is 0 Å². The van der Waals surface area contributed by atoms with E-state index in [9.17, 15) is 4.79 Å². The summed E-state index contributed by atoms with van der Waals surface area (Å²) in [4.78, 5) is 16.5. The summed E-state index contributed by atoms with van der Waals surface area (Å²) in [5.41, 5.74) is 6.05. The Hall–Kier alpha value is -1.81. The fraction of sp³-hybridized carbons (Fsp3) is 0.292. The summed E-state index contributed by atoms with van der Waals surface area (Å²) in [6.07, 6.45) is 5.81. The number of benzene rings is 2. The van der Waals surface area contributed by atoms with Crippen LogP contribution in [0.25, 0.3) is 6.08 Å². The van der Waals surface area contributed by atoms with Gasteiger partial charge >= 0.3 is 0 Å². The molecule has 0 aliphatic heterocycles. The van der Waals surface area contributed by atoms with Crippen LogP contribution in [0.15, 0.2) is 54.1 Å². The van der Waals surface area contributed by atoms with E-state index in [4.69, 9.17) is 14.2 Å². The quantitative estimate of drug-likeness (QED) is 0.135. The van der Waals surface area contributed by atoms with E-state index < -0.39 is 2.33 Å². The fourth-order valence-electron chi connectivity index (χ4n) is 2.86. The van der Waals surface area contributed by atoms with E-state index in [0.717, 1.165) is 16.7 Å². The summed E-state index contributed by atoms with van der Waals surface area (Å²) < 4.78 is 16.7. The number of methoxy groups -OCH3 is 1. The number of carbonyl (C=O) groups excluding carboxylic acids is 1. The minimum Gasteiger partial charge on any atom is -0.496 e. The van der Waals surface area contributed by atoms with E-state index in [2.05, 4.69) is 64.2 Å². The van der Waals surface area contributed by atoms with Crippen molar-refractivity contribution in [1.82, 2.24) is 5.48 Å². The van der Waals surface area contributed by atoms with Gasteiger partial charge in [-0.3, -0.25) is 9.63 Å². The molecule has 0 aliphatic rings. The maximum atomic E-state index is 11.8. The number of ether oxygens (including phenoxy) is 3. The highest BCUT2D eigenvalue weighted by molar-refractivity contribution is 9.39. The third-order valence-electron chi connectivity index (χ3n) is 4.34. The standard InChI is InChI=1S/C24H26Br3NO5/c1-16(2)5-12-20-21(30-3)13-8-18(9-14-22(29)28-31-4)23(20)32-15-17-6-10-19(11-7-17)33-24(25,26)27/h5-11,13-14H,12,15H2,1-4H3,(H,28,29)/b14-9+. The summed E-state index contributed by atoms with van der Waals surface area (Å²) in [5.74, 6) is 1.66. The molecule has 0 saturated heterocycles. The van der Waals surface area contributed by atoms with E-state index in [1.54, 1.807) is 13.2 Å².